The molecule has 0 N–H and O–H groups in total. The molecule has 2 aromatic heterocycles. The van der Waals surface area contributed by atoms with Crippen molar-refractivity contribution in [2.24, 2.45) is 0 Å². The van der Waals surface area contributed by atoms with Crippen molar-refractivity contribution >= 4 is 10.9 Å². The Bertz CT molecular complexity index is 705. The van der Waals surface area contributed by atoms with Gasteiger partial charge in [-0.3, -0.25) is 4.98 Å². The minimum absolute atomic E-state index is 0.692. The molecule has 0 unspecified atom stereocenters. The third-order valence-corrected chi connectivity index (χ3v) is 2.77. The van der Waals surface area contributed by atoms with Gasteiger partial charge in [-0.2, -0.15) is 5.26 Å². The second-order valence-electron chi connectivity index (χ2n) is 3.75. The summed E-state index contributed by atoms with van der Waals surface area (Å²) in [4.78, 5) is 4.00. The van der Waals surface area contributed by atoms with Gasteiger partial charge in [-0.05, 0) is 18.2 Å². The first kappa shape index (κ1) is 9.61. The molecule has 0 bridgehead atoms. The summed E-state index contributed by atoms with van der Waals surface area (Å²) < 4.78 is 2.01. The SMILES string of the molecule is N#Cc1cn(-c2ccncc2)c2ccccc12. The van der Waals surface area contributed by atoms with Gasteiger partial charge in [-0.25, -0.2) is 0 Å². The highest BCUT2D eigenvalue weighted by Crippen LogP contribution is 2.23. The number of nitriles is 1. The van der Waals surface area contributed by atoms with Gasteiger partial charge in [-0.1, -0.05) is 18.2 Å². The zero-order valence-corrected chi connectivity index (χ0v) is 9.04. The monoisotopic (exact) mass is 219 g/mol. The van der Waals surface area contributed by atoms with Crippen molar-refractivity contribution in [3.8, 4) is 11.8 Å². The zero-order chi connectivity index (χ0) is 11.7. The average molecular weight is 219 g/mol. The molecule has 17 heavy (non-hydrogen) atoms. The van der Waals surface area contributed by atoms with Gasteiger partial charge >= 0.3 is 0 Å². The molecule has 3 rings (SSSR count). The Balaban J connectivity index is 2.35. The number of para-hydroxylation sites is 1. The summed E-state index contributed by atoms with van der Waals surface area (Å²) in [5, 5.41) is 10.1. The Morgan fingerprint density at radius 1 is 1.06 bits per heavy atom. The summed E-state index contributed by atoms with van der Waals surface area (Å²) in [6, 6.07) is 14.0. The average Bonchev–Trinajstić information content (AvgIpc) is 2.78. The third kappa shape index (κ3) is 1.47. The Morgan fingerprint density at radius 3 is 2.59 bits per heavy atom. The minimum Gasteiger partial charge on any atom is -0.315 e. The topological polar surface area (TPSA) is 41.6 Å². The Hall–Kier alpha value is -2.60. The van der Waals surface area contributed by atoms with E-state index in [-0.39, 0.29) is 0 Å². The van der Waals surface area contributed by atoms with Crippen molar-refractivity contribution in [1.29, 1.82) is 5.26 Å². The van der Waals surface area contributed by atoms with E-state index in [1.165, 1.54) is 0 Å². The van der Waals surface area contributed by atoms with Crippen LogP contribution in [0.4, 0.5) is 0 Å². The van der Waals surface area contributed by atoms with Crippen molar-refractivity contribution in [3.05, 3.63) is 60.6 Å². The quantitative estimate of drug-likeness (QED) is 0.631. The second kappa shape index (κ2) is 3.76. The van der Waals surface area contributed by atoms with E-state index in [0.29, 0.717) is 5.56 Å². The smallest absolute Gasteiger partial charge is 0.101 e. The molecule has 0 saturated carbocycles. The third-order valence-electron chi connectivity index (χ3n) is 2.77. The number of hydrogen-bond acceptors (Lipinski definition) is 2. The summed E-state index contributed by atoms with van der Waals surface area (Å²) in [6.45, 7) is 0. The van der Waals surface area contributed by atoms with Crippen LogP contribution in [0.25, 0.3) is 16.6 Å². The van der Waals surface area contributed by atoms with Crippen LogP contribution in [-0.4, -0.2) is 9.55 Å². The van der Waals surface area contributed by atoms with Crippen LogP contribution in [0, 0.1) is 11.3 Å². The van der Waals surface area contributed by atoms with Crippen LogP contribution in [0.5, 0.6) is 0 Å². The van der Waals surface area contributed by atoms with Crippen LogP contribution in [-0.2, 0) is 0 Å². The zero-order valence-electron chi connectivity index (χ0n) is 9.04. The molecule has 0 radical (unpaired) electrons. The maximum absolute atomic E-state index is 9.12. The largest absolute Gasteiger partial charge is 0.315 e. The normalized spacial score (nSPS) is 10.3. The molecule has 3 heteroatoms. The lowest BCUT2D eigenvalue weighted by atomic mass is 10.2. The number of benzene rings is 1. The van der Waals surface area contributed by atoms with E-state index < -0.39 is 0 Å². The maximum Gasteiger partial charge on any atom is 0.101 e. The van der Waals surface area contributed by atoms with Crippen LogP contribution >= 0.6 is 0 Å². The molecule has 0 atom stereocenters. The Kier molecular flexibility index (Phi) is 2.13. The summed E-state index contributed by atoms with van der Waals surface area (Å²) >= 11 is 0. The lowest BCUT2D eigenvalue weighted by Crippen LogP contribution is -1.91. The minimum atomic E-state index is 0.692. The molecule has 0 aliphatic carbocycles. The first-order valence-electron chi connectivity index (χ1n) is 5.31. The van der Waals surface area contributed by atoms with E-state index in [4.69, 9.17) is 5.26 Å². The van der Waals surface area contributed by atoms with Crippen LogP contribution in [0.3, 0.4) is 0 Å². The number of aromatic nitrogens is 2. The molecule has 3 aromatic rings. The van der Waals surface area contributed by atoms with Gasteiger partial charge in [0.2, 0.25) is 0 Å². The van der Waals surface area contributed by atoms with Crippen molar-refractivity contribution < 1.29 is 0 Å². The molecule has 2 heterocycles. The lowest BCUT2D eigenvalue weighted by molar-refractivity contribution is 1.11. The predicted octanol–water partition coefficient (Wildman–Crippen LogP) is 2.90. The summed E-state index contributed by atoms with van der Waals surface area (Å²) in [5.74, 6) is 0. The molecule has 0 spiro atoms. The Morgan fingerprint density at radius 2 is 1.82 bits per heavy atom. The van der Waals surface area contributed by atoms with Crippen LogP contribution in [0.2, 0.25) is 0 Å². The van der Waals surface area contributed by atoms with Gasteiger partial charge in [0.15, 0.2) is 0 Å². The number of nitrogens with zero attached hydrogens (tertiary/aromatic N) is 3. The van der Waals surface area contributed by atoms with Crippen LogP contribution < -0.4 is 0 Å². The van der Waals surface area contributed by atoms with E-state index in [0.717, 1.165) is 16.6 Å². The summed E-state index contributed by atoms with van der Waals surface area (Å²) in [7, 11) is 0. The molecule has 0 fully saturated rings. The molecule has 0 aliphatic rings. The standard InChI is InChI=1S/C14H9N3/c15-9-11-10-17(12-5-7-16-8-6-12)14-4-2-1-3-13(11)14/h1-8,10H. The van der Waals surface area contributed by atoms with E-state index >= 15 is 0 Å². The number of hydrogen-bond donors (Lipinski definition) is 0. The van der Waals surface area contributed by atoms with Gasteiger partial charge in [0, 0.05) is 29.7 Å². The molecule has 0 amide bonds. The molecule has 1 aromatic carbocycles. The second-order valence-corrected chi connectivity index (χ2v) is 3.75. The van der Waals surface area contributed by atoms with Crippen molar-refractivity contribution in [3.63, 3.8) is 0 Å². The number of rotatable bonds is 1. The summed E-state index contributed by atoms with van der Waals surface area (Å²) in [5.41, 5.74) is 2.74. The maximum atomic E-state index is 9.12. The molecule has 0 saturated heterocycles. The van der Waals surface area contributed by atoms with Gasteiger partial charge < -0.3 is 4.57 Å². The first-order chi connectivity index (χ1) is 8.40. The Labute approximate surface area is 98.6 Å². The van der Waals surface area contributed by atoms with E-state index in [1.54, 1.807) is 12.4 Å². The predicted molar refractivity (Wildman–Crippen MR) is 65.8 cm³/mol. The highest BCUT2D eigenvalue weighted by Gasteiger charge is 2.08. The van der Waals surface area contributed by atoms with Crippen LogP contribution in [0.1, 0.15) is 5.56 Å². The fraction of sp³-hybridized carbons (Fsp3) is 0. The van der Waals surface area contributed by atoms with Crippen molar-refractivity contribution in [1.82, 2.24) is 9.55 Å². The molecule has 0 aliphatic heterocycles. The van der Waals surface area contributed by atoms with Crippen molar-refractivity contribution in [2.75, 3.05) is 0 Å². The van der Waals surface area contributed by atoms with E-state index in [2.05, 4.69) is 11.1 Å². The number of pyridine rings is 1. The highest BCUT2D eigenvalue weighted by molar-refractivity contribution is 5.87. The van der Waals surface area contributed by atoms with Crippen molar-refractivity contribution in [2.45, 2.75) is 0 Å². The lowest BCUT2D eigenvalue weighted by Gasteiger charge is -2.03. The molecule has 80 valence electrons. The number of fused-ring (bicyclic) bond motifs is 1. The molecular weight excluding hydrogens is 210 g/mol. The molecular formula is C14H9N3. The highest BCUT2D eigenvalue weighted by atomic mass is 15.0. The fourth-order valence-corrected chi connectivity index (χ4v) is 1.99. The van der Waals surface area contributed by atoms with Gasteiger partial charge in [0.25, 0.3) is 0 Å². The fourth-order valence-electron chi connectivity index (χ4n) is 1.99. The van der Waals surface area contributed by atoms with E-state index in [1.807, 2.05) is 47.2 Å². The van der Waals surface area contributed by atoms with E-state index in [9.17, 15) is 0 Å². The van der Waals surface area contributed by atoms with Gasteiger partial charge in [-0.15, -0.1) is 0 Å². The summed E-state index contributed by atoms with van der Waals surface area (Å²) in [6.07, 6.45) is 5.35. The van der Waals surface area contributed by atoms with Gasteiger partial charge in [0.1, 0.15) is 6.07 Å². The van der Waals surface area contributed by atoms with Crippen LogP contribution in [0.15, 0.2) is 55.0 Å². The first-order valence-corrected chi connectivity index (χ1v) is 5.31. The molecule has 3 nitrogen and oxygen atoms in total. The van der Waals surface area contributed by atoms with Gasteiger partial charge in [0.05, 0.1) is 11.1 Å².